The highest BCUT2D eigenvalue weighted by atomic mass is 16.1. The number of pyridine rings is 3. The quantitative estimate of drug-likeness (QED) is 0.498. The van der Waals surface area contributed by atoms with Gasteiger partial charge < -0.3 is 4.98 Å². The molecule has 128 valence electrons. The molecule has 3 aromatic heterocycles. The Morgan fingerprint density at radius 2 is 1.11 bits per heavy atom. The fraction of sp³-hybridized carbons (Fsp3) is 0. The summed E-state index contributed by atoms with van der Waals surface area (Å²) in [7, 11) is 0. The molecule has 0 atom stereocenters. The van der Waals surface area contributed by atoms with Gasteiger partial charge in [-0.15, -0.1) is 0 Å². The second kappa shape index (κ2) is 6.18. The summed E-state index contributed by atoms with van der Waals surface area (Å²) >= 11 is 0. The van der Waals surface area contributed by atoms with Crippen LogP contribution in [0.15, 0.2) is 90.0 Å². The summed E-state index contributed by atoms with van der Waals surface area (Å²) in [5.74, 6) is 0. The zero-order valence-corrected chi connectivity index (χ0v) is 14.4. The van der Waals surface area contributed by atoms with E-state index in [0.717, 1.165) is 32.9 Å². The van der Waals surface area contributed by atoms with E-state index < -0.39 is 0 Å². The summed E-state index contributed by atoms with van der Waals surface area (Å²) in [4.78, 5) is 24.9. The van der Waals surface area contributed by atoms with Crippen molar-refractivity contribution in [3.05, 3.63) is 95.4 Å². The summed E-state index contributed by atoms with van der Waals surface area (Å²) in [5, 5.41) is 4.16. The highest BCUT2D eigenvalue weighted by Crippen LogP contribution is 2.28. The van der Waals surface area contributed by atoms with Crippen LogP contribution < -0.4 is 5.43 Å². The molecule has 0 amide bonds. The minimum Gasteiger partial charge on any atom is -0.352 e. The molecule has 27 heavy (non-hydrogen) atoms. The number of hydrogen-bond acceptors (Lipinski definition) is 3. The Kier molecular flexibility index (Phi) is 3.54. The third kappa shape index (κ3) is 2.68. The van der Waals surface area contributed by atoms with E-state index in [9.17, 15) is 4.79 Å². The third-order valence-electron chi connectivity index (χ3n) is 4.70. The Balaban J connectivity index is 1.77. The molecule has 0 spiro atoms. The van der Waals surface area contributed by atoms with Crippen LogP contribution in [0.5, 0.6) is 0 Å². The molecule has 2 aromatic carbocycles. The average molecular weight is 349 g/mol. The average Bonchev–Trinajstić information content (AvgIpc) is 2.72. The van der Waals surface area contributed by atoms with Gasteiger partial charge in [0.15, 0.2) is 5.43 Å². The summed E-state index contributed by atoms with van der Waals surface area (Å²) in [6, 6.07) is 23.1. The van der Waals surface area contributed by atoms with Crippen molar-refractivity contribution in [2.24, 2.45) is 0 Å². The van der Waals surface area contributed by atoms with Crippen LogP contribution in [0, 0.1) is 0 Å². The van der Waals surface area contributed by atoms with Gasteiger partial charge in [-0.1, -0.05) is 48.5 Å². The minimum atomic E-state index is -0.0804. The van der Waals surface area contributed by atoms with Gasteiger partial charge >= 0.3 is 0 Å². The van der Waals surface area contributed by atoms with Crippen LogP contribution in [0.3, 0.4) is 0 Å². The maximum absolute atomic E-state index is 12.5. The summed E-state index contributed by atoms with van der Waals surface area (Å²) in [6.07, 6.45) is 3.53. The second-order valence-corrected chi connectivity index (χ2v) is 6.40. The number of fused-ring (bicyclic) bond motifs is 2. The smallest absolute Gasteiger partial charge is 0.182 e. The summed E-state index contributed by atoms with van der Waals surface area (Å²) in [5.41, 5.74) is 2.80. The molecule has 0 bridgehead atoms. The molecule has 5 aromatic rings. The van der Waals surface area contributed by atoms with E-state index in [1.54, 1.807) is 24.5 Å². The Morgan fingerprint density at radius 3 is 1.63 bits per heavy atom. The standard InChI is InChI=1S/C23H15N3O/c27-17-13-20(22-18-7-3-1-5-15(18)9-11-24-22)26-21(14-17)23-19-8-4-2-6-16(19)10-12-25-23/h1-14H,(H,26,27). The van der Waals surface area contributed by atoms with E-state index in [2.05, 4.69) is 15.0 Å². The van der Waals surface area contributed by atoms with Crippen LogP contribution in [-0.4, -0.2) is 15.0 Å². The second-order valence-electron chi connectivity index (χ2n) is 6.40. The van der Waals surface area contributed by atoms with Crippen molar-refractivity contribution in [3.63, 3.8) is 0 Å². The topological polar surface area (TPSA) is 58.6 Å². The first-order chi connectivity index (χ1) is 13.3. The monoisotopic (exact) mass is 349 g/mol. The van der Waals surface area contributed by atoms with Gasteiger partial charge in [-0.05, 0) is 22.9 Å². The summed E-state index contributed by atoms with van der Waals surface area (Å²) in [6.45, 7) is 0. The van der Waals surface area contributed by atoms with E-state index >= 15 is 0 Å². The lowest BCUT2D eigenvalue weighted by Gasteiger charge is -2.10. The van der Waals surface area contributed by atoms with Crippen molar-refractivity contribution < 1.29 is 0 Å². The van der Waals surface area contributed by atoms with Gasteiger partial charge in [0.25, 0.3) is 0 Å². The van der Waals surface area contributed by atoms with Crippen LogP contribution >= 0.6 is 0 Å². The number of H-pyrrole nitrogens is 1. The van der Waals surface area contributed by atoms with E-state index in [-0.39, 0.29) is 5.43 Å². The highest BCUT2D eigenvalue weighted by molar-refractivity contribution is 5.95. The number of aromatic nitrogens is 3. The van der Waals surface area contributed by atoms with Crippen molar-refractivity contribution in [2.45, 2.75) is 0 Å². The van der Waals surface area contributed by atoms with Crippen LogP contribution in [0.4, 0.5) is 0 Å². The van der Waals surface area contributed by atoms with Gasteiger partial charge in [0, 0.05) is 35.3 Å². The molecule has 3 heterocycles. The lowest BCUT2D eigenvalue weighted by Crippen LogP contribution is -2.04. The predicted molar refractivity (Wildman–Crippen MR) is 109 cm³/mol. The SMILES string of the molecule is O=c1cc(-c2nccc3ccccc23)[nH]c(-c2nccc3ccccc23)c1. The molecule has 1 N–H and O–H groups in total. The lowest BCUT2D eigenvalue weighted by atomic mass is 10.1. The maximum atomic E-state index is 12.5. The van der Waals surface area contributed by atoms with Crippen molar-refractivity contribution in [2.75, 3.05) is 0 Å². The number of nitrogens with one attached hydrogen (secondary N) is 1. The van der Waals surface area contributed by atoms with Crippen LogP contribution in [-0.2, 0) is 0 Å². The predicted octanol–water partition coefficient (Wildman–Crippen LogP) is 4.81. The van der Waals surface area contributed by atoms with E-state index in [1.165, 1.54) is 0 Å². The molecule has 0 unspecified atom stereocenters. The molecular weight excluding hydrogens is 334 g/mol. The molecule has 0 aliphatic heterocycles. The van der Waals surface area contributed by atoms with E-state index in [4.69, 9.17) is 0 Å². The first-order valence-electron chi connectivity index (χ1n) is 8.72. The number of benzene rings is 2. The zero-order chi connectivity index (χ0) is 18.2. The fourth-order valence-electron chi connectivity index (χ4n) is 3.47. The molecule has 0 saturated carbocycles. The number of rotatable bonds is 2. The maximum Gasteiger partial charge on any atom is 0.182 e. The van der Waals surface area contributed by atoms with Gasteiger partial charge in [0.05, 0.1) is 22.8 Å². The first-order valence-corrected chi connectivity index (χ1v) is 8.72. The molecule has 0 saturated heterocycles. The molecule has 4 heteroatoms. The Bertz CT molecular complexity index is 1240. The normalized spacial score (nSPS) is 11.1. The molecule has 0 radical (unpaired) electrons. The van der Waals surface area contributed by atoms with E-state index in [1.807, 2.05) is 60.7 Å². The van der Waals surface area contributed by atoms with Crippen LogP contribution in [0.25, 0.3) is 44.3 Å². The molecule has 5 rings (SSSR count). The van der Waals surface area contributed by atoms with Crippen LogP contribution in [0.1, 0.15) is 0 Å². The largest absolute Gasteiger partial charge is 0.352 e. The minimum absolute atomic E-state index is 0.0804. The van der Waals surface area contributed by atoms with Crippen molar-refractivity contribution in [3.8, 4) is 22.8 Å². The third-order valence-corrected chi connectivity index (χ3v) is 4.70. The van der Waals surface area contributed by atoms with Crippen molar-refractivity contribution >= 4 is 21.5 Å². The first kappa shape index (κ1) is 15.5. The van der Waals surface area contributed by atoms with Gasteiger partial charge in [-0.2, -0.15) is 0 Å². The van der Waals surface area contributed by atoms with Gasteiger partial charge in [0.2, 0.25) is 0 Å². The van der Waals surface area contributed by atoms with Gasteiger partial charge in [-0.3, -0.25) is 14.8 Å². The number of hydrogen-bond donors (Lipinski definition) is 1. The Labute approximate surface area is 155 Å². The molecule has 4 nitrogen and oxygen atoms in total. The van der Waals surface area contributed by atoms with Crippen molar-refractivity contribution in [1.82, 2.24) is 15.0 Å². The Morgan fingerprint density at radius 1 is 0.630 bits per heavy atom. The van der Waals surface area contributed by atoms with E-state index in [0.29, 0.717) is 11.4 Å². The fourth-order valence-corrected chi connectivity index (χ4v) is 3.47. The Hall–Kier alpha value is -3.79. The highest BCUT2D eigenvalue weighted by Gasteiger charge is 2.11. The number of aromatic amines is 1. The van der Waals surface area contributed by atoms with Gasteiger partial charge in [-0.25, -0.2) is 0 Å². The molecule has 0 aliphatic rings. The lowest BCUT2D eigenvalue weighted by molar-refractivity contribution is 1.23. The summed E-state index contributed by atoms with van der Waals surface area (Å²) < 4.78 is 0. The van der Waals surface area contributed by atoms with Gasteiger partial charge in [0.1, 0.15) is 0 Å². The molecular formula is C23H15N3O. The molecule has 0 aliphatic carbocycles. The number of nitrogens with zero attached hydrogens (tertiary/aromatic N) is 2. The molecule has 0 fully saturated rings. The van der Waals surface area contributed by atoms with Crippen LogP contribution in [0.2, 0.25) is 0 Å². The van der Waals surface area contributed by atoms with Crippen molar-refractivity contribution in [1.29, 1.82) is 0 Å². The zero-order valence-electron chi connectivity index (χ0n) is 14.4.